The molecule has 138 valence electrons. The zero-order valence-electron chi connectivity index (χ0n) is 15.7. The van der Waals surface area contributed by atoms with Crippen molar-refractivity contribution in [1.29, 1.82) is 0 Å². The van der Waals surface area contributed by atoms with Crippen LogP contribution in [0.3, 0.4) is 0 Å². The molecular weight excluding hydrogens is 330 g/mol. The molecule has 2 nitrogen and oxygen atoms in total. The molecule has 1 N–H and O–H groups in total. The predicted octanol–water partition coefficient (Wildman–Crippen LogP) is 5.00. The highest BCUT2D eigenvalue weighted by atomic mass is 16.5. The molecule has 2 heteroatoms. The van der Waals surface area contributed by atoms with Crippen LogP contribution in [0.1, 0.15) is 29.0 Å². The summed E-state index contributed by atoms with van der Waals surface area (Å²) in [7, 11) is 0. The van der Waals surface area contributed by atoms with Crippen LogP contribution in [0.5, 0.6) is 5.75 Å². The van der Waals surface area contributed by atoms with E-state index in [1.54, 1.807) is 0 Å². The van der Waals surface area contributed by atoms with Gasteiger partial charge in [0.15, 0.2) is 0 Å². The molecule has 0 amide bonds. The topological polar surface area (TPSA) is 21.3 Å². The molecule has 1 aliphatic rings. The Labute approximate surface area is 162 Å². The van der Waals surface area contributed by atoms with Gasteiger partial charge in [-0.3, -0.25) is 0 Å². The summed E-state index contributed by atoms with van der Waals surface area (Å²) in [5, 5.41) is 3.67. The first kappa shape index (κ1) is 17.8. The monoisotopic (exact) mass is 357 g/mol. The van der Waals surface area contributed by atoms with Gasteiger partial charge in [-0.2, -0.15) is 0 Å². The fourth-order valence-electron chi connectivity index (χ4n) is 3.95. The quantitative estimate of drug-likeness (QED) is 0.601. The maximum Gasteiger partial charge on any atom is 0.123 e. The SMILES string of the molecule is c1ccc(CCNCC2CC(Cc3ccccc3)Oc3ccccc32)cc1. The molecular formula is C25H27NO. The third kappa shape index (κ3) is 4.78. The molecule has 2 atom stereocenters. The maximum absolute atomic E-state index is 6.31. The lowest BCUT2D eigenvalue weighted by Gasteiger charge is -2.32. The molecule has 0 saturated heterocycles. The maximum atomic E-state index is 6.31. The average Bonchev–Trinajstić information content (AvgIpc) is 2.72. The standard InChI is InChI=1S/C25H27NO/c1-3-9-20(10-4-1)15-16-26-19-22-18-23(17-21-11-5-2-6-12-21)27-25-14-8-7-13-24(22)25/h1-14,22-23,26H,15-19H2. The van der Waals surface area contributed by atoms with Gasteiger partial charge in [0.05, 0.1) is 0 Å². The molecule has 3 aromatic carbocycles. The largest absolute Gasteiger partial charge is 0.490 e. The highest BCUT2D eigenvalue weighted by Crippen LogP contribution is 2.36. The number of hydrogen-bond donors (Lipinski definition) is 1. The van der Waals surface area contributed by atoms with E-state index in [0.717, 1.165) is 38.1 Å². The van der Waals surface area contributed by atoms with Gasteiger partial charge >= 0.3 is 0 Å². The predicted molar refractivity (Wildman–Crippen MR) is 111 cm³/mol. The first-order valence-corrected chi connectivity index (χ1v) is 9.92. The van der Waals surface area contributed by atoms with Gasteiger partial charge in [0.2, 0.25) is 0 Å². The molecule has 27 heavy (non-hydrogen) atoms. The number of hydrogen-bond acceptors (Lipinski definition) is 2. The second-order valence-electron chi connectivity index (χ2n) is 7.34. The van der Waals surface area contributed by atoms with Crippen LogP contribution in [0.25, 0.3) is 0 Å². The Bertz CT molecular complexity index is 831. The summed E-state index contributed by atoms with van der Waals surface area (Å²) in [6.07, 6.45) is 3.34. The first-order chi connectivity index (χ1) is 13.4. The van der Waals surface area contributed by atoms with Crippen LogP contribution in [0, 0.1) is 0 Å². The molecule has 0 saturated carbocycles. The summed E-state index contributed by atoms with van der Waals surface area (Å²) in [6, 6.07) is 29.9. The van der Waals surface area contributed by atoms with Gasteiger partial charge in [0, 0.05) is 18.9 Å². The molecule has 0 aliphatic carbocycles. The van der Waals surface area contributed by atoms with E-state index in [-0.39, 0.29) is 6.10 Å². The summed E-state index contributed by atoms with van der Waals surface area (Å²) in [5.74, 6) is 1.55. The molecule has 0 aromatic heterocycles. The van der Waals surface area contributed by atoms with Crippen LogP contribution >= 0.6 is 0 Å². The normalized spacial score (nSPS) is 18.5. The lowest BCUT2D eigenvalue weighted by Crippen LogP contribution is -2.33. The Morgan fingerprint density at radius 1 is 0.778 bits per heavy atom. The van der Waals surface area contributed by atoms with E-state index >= 15 is 0 Å². The van der Waals surface area contributed by atoms with Crippen LogP contribution in [-0.2, 0) is 12.8 Å². The molecule has 0 fully saturated rings. The zero-order valence-corrected chi connectivity index (χ0v) is 15.7. The van der Waals surface area contributed by atoms with Gasteiger partial charge in [0.1, 0.15) is 11.9 Å². The van der Waals surface area contributed by atoms with Gasteiger partial charge in [-0.15, -0.1) is 0 Å². The van der Waals surface area contributed by atoms with Gasteiger partial charge in [0.25, 0.3) is 0 Å². The van der Waals surface area contributed by atoms with Gasteiger partial charge in [-0.25, -0.2) is 0 Å². The number of nitrogens with one attached hydrogen (secondary N) is 1. The van der Waals surface area contributed by atoms with Gasteiger partial charge < -0.3 is 10.1 Å². The van der Waals surface area contributed by atoms with Crippen molar-refractivity contribution in [3.05, 3.63) is 102 Å². The zero-order chi connectivity index (χ0) is 18.3. The summed E-state index contributed by atoms with van der Waals surface area (Å²) >= 11 is 0. The number of para-hydroxylation sites is 1. The van der Waals surface area contributed by atoms with Crippen LogP contribution in [0.2, 0.25) is 0 Å². The minimum atomic E-state index is 0.239. The highest BCUT2D eigenvalue weighted by molar-refractivity contribution is 5.39. The minimum Gasteiger partial charge on any atom is -0.490 e. The summed E-state index contributed by atoms with van der Waals surface area (Å²) in [6.45, 7) is 2.01. The fraction of sp³-hybridized carbons (Fsp3) is 0.280. The number of rotatable bonds is 7. The van der Waals surface area contributed by atoms with E-state index in [9.17, 15) is 0 Å². The molecule has 2 unspecified atom stereocenters. The molecule has 4 rings (SSSR count). The van der Waals surface area contributed by atoms with Crippen LogP contribution in [0.15, 0.2) is 84.9 Å². The second kappa shape index (κ2) is 8.88. The van der Waals surface area contributed by atoms with Crippen molar-refractivity contribution < 1.29 is 4.74 Å². The summed E-state index contributed by atoms with van der Waals surface area (Å²) in [4.78, 5) is 0. The Kier molecular flexibility index (Phi) is 5.86. The van der Waals surface area contributed by atoms with E-state index < -0.39 is 0 Å². The second-order valence-corrected chi connectivity index (χ2v) is 7.34. The van der Waals surface area contributed by atoms with E-state index in [1.165, 1.54) is 16.7 Å². The van der Waals surface area contributed by atoms with Crippen molar-refractivity contribution >= 4 is 0 Å². The van der Waals surface area contributed by atoms with Crippen molar-refractivity contribution in [2.24, 2.45) is 0 Å². The molecule has 1 aliphatic heterocycles. The molecule has 0 spiro atoms. The number of benzene rings is 3. The smallest absolute Gasteiger partial charge is 0.123 e. The lowest BCUT2D eigenvalue weighted by molar-refractivity contribution is 0.157. The first-order valence-electron chi connectivity index (χ1n) is 9.92. The van der Waals surface area contributed by atoms with Crippen molar-refractivity contribution in [3.8, 4) is 5.75 Å². The van der Waals surface area contributed by atoms with Crippen LogP contribution in [0.4, 0.5) is 0 Å². The average molecular weight is 357 g/mol. The van der Waals surface area contributed by atoms with Crippen molar-refractivity contribution in [1.82, 2.24) is 5.32 Å². The van der Waals surface area contributed by atoms with Crippen molar-refractivity contribution in [2.75, 3.05) is 13.1 Å². The molecule has 3 aromatic rings. The Morgan fingerprint density at radius 2 is 1.44 bits per heavy atom. The Hall–Kier alpha value is -2.58. The van der Waals surface area contributed by atoms with E-state index in [4.69, 9.17) is 4.74 Å². The molecule has 1 heterocycles. The third-order valence-corrected chi connectivity index (χ3v) is 5.33. The lowest BCUT2D eigenvalue weighted by atomic mass is 9.87. The van der Waals surface area contributed by atoms with Crippen molar-refractivity contribution in [2.45, 2.75) is 31.3 Å². The van der Waals surface area contributed by atoms with E-state index in [2.05, 4.69) is 90.2 Å². The van der Waals surface area contributed by atoms with E-state index in [0.29, 0.717) is 5.92 Å². The van der Waals surface area contributed by atoms with Gasteiger partial charge in [-0.1, -0.05) is 78.9 Å². The van der Waals surface area contributed by atoms with Crippen molar-refractivity contribution in [3.63, 3.8) is 0 Å². The number of fused-ring (bicyclic) bond motifs is 1. The summed E-state index contributed by atoms with van der Waals surface area (Å²) < 4.78 is 6.31. The third-order valence-electron chi connectivity index (χ3n) is 5.33. The fourth-order valence-corrected chi connectivity index (χ4v) is 3.95. The van der Waals surface area contributed by atoms with Crippen LogP contribution in [-0.4, -0.2) is 19.2 Å². The van der Waals surface area contributed by atoms with E-state index in [1.807, 2.05) is 0 Å². The molecule has 0 radical (unpaired) electrons. The Balaban J connectivity index is 1.38. The summed E-state index contributed by atoms with van der Waals surface area (Å²) in [5.41, 5.74) is 4.08. The van der Waals surface area contributed by atoms with Gasteiger partial charge in [-0.05, 0) is 42.1 Å². The Morgan fingerprint density at radius 3 is 2.22 bits per heavy atom. The highest BCUT2D eigenvalue weighted by Gasteiger charge is 2.27. The van der Waals surface area contributed by atoms with Crippen LogP contribution < -0.4 is 10.1 Å². The minimum absolute atomic E-state index is 0.239. The number of ether oxygens (including phenoxy) is 1. The molecule has 0 bridgehead atoms.